The molecule has 0 spiro atoms. The van der Waals surface area contributed by atoms with E-state index in [2.05, 4.69) is 4.98 Å². The molecule has 182 valence electrons. The minimum atomic E-state index is -0.837. The third kappa shape index (κ3) is 4.30. The number of nitrogens with zero attached hydrogens (tertiary/aromatic N) is 4. The second-order valence-corrected chi connectivity index (χ2v) is 9.39. The number of aliphatic hydroxyl groups excluding tert-OH is 1. The Balaban J connectivity index is 1.89. The molecule has 0 aliphatic carbocycles. The van der Waals surface area contributed by atoms with E-state index in [9.17, 15) is 9.90 Å². The summed E-state index contributed by atoms with van der Waals surface area (Å²) in [6.07, 6.45) is 3.60. The molecule has 0 saturated carbocycles. The second kappa shape index (κ2) is 9.38. The van der Waals surface area contributed by atoms with Crippen molar-refractivity contribution in [3.63, 3.8) is 0 Å². The maximum Gasteiger partial charge on any atom is 0.260 e. The number of halogens is 2. The number of rotatable bonds is 5. The van der Waals surface area contributed by atoms with Crippen LogP contribution in [0, 0.1) is 12.7 Å². The molecule has 1 fully saturated rings. The van der Waals surface area contributed by atoms with Crippen LogP contribution in [0.4, 0.5) is 10.2 Å². The first-order valence-corrected chi connectivity index (χ1v) is 11.7. The number of anilines is 1. The number of β-amino-alcohol motifs (C(OH)–C–C–N with tert-alkyl or cyclic N) is 1. The normalized spacial score (nSPS) is 17.4. The summed E-state index contributed by atoms with van der Waals surface area (Å²) < 4.78 is 23.3. The van der Waals surface area contributed by atoms with Gasteiger partial charge in [-0.05, 0) is 39.7 Å². The molecule has 0 bridgehead atoms. The highest BCUT2D eigenvalue weighted by atomic mass is 35.5. The van der Waals surface area contributed by atoms with Crippen molar-refractivity contribution in [1.82, 2.24) is 19.3 Å². The molecule has 10 heteroatoms. The number of benzene rings is 1. The van der Waals surface area contributed by atoms with Gasteiger partial charge in [-0.3, -0.25) is 9.20 Å². The van der Waals surface area contributed by atoms with Crippen molar-refractivity contribution in [2.24, 2.45) is 0 Å². The predicted molar refractivity (Wildman–Crippen MR) is 128 cm³/mol. The summed E-state index contributed by atoms with van der Waals surface area (Å²) in [6, 6.07) is 1.49. The molecule has 2 unspecified atom stereocenters. The summed E-state index contributed by atoms with van der Waals surface area (Å²) in [5, 5.41) is 9.88. The fourth-order valence-corrected chi connectivity index (χ4v) is 4.73. The second-order valence-electron chi connectivity index (χ2n) is 8.99. The van der Waals surface area contributed by atoms with Gasteiger partial charge >= 0.3 is 0 Å². The van der Waals surface area contributed by atoms with Gasteiger partial charge in [0.05, 0.1) is 22.9 Å². The Morgan fingerprint density at radius 1 is 1.38 bits per heavy atom. The number of likely N-dealkylation sites (tertiary alicyclic amines) is 1. The zero-order valence-electron chi connectivity index (χ0n) is 19.7. The highest BCUT2D eigenvalue weighted by Gasteiger charge is 2.33. The molecule has 2 atom stereocenters. The lowest BCUT2D eigenvalue weighted by atomic mass is 9.95. The van der Waals surface area contributed by atoms with Crippen molar-refractivity contribution >= 4 is 28.8 Å². The van der Waals surface area contributed by atoms with Gasteiger partial charge in [0.1, 0.15) is 28.5 Å². The van der Waals surface area contributed by atoms with Crippen molar-refractivity contribution in [2.75, 3.05) is 18.8 Å². The number of aliphatic hydroxyl groups is 1. The lowest BCUT2D eigenvalue weighted by Gasteiger charge is -2.31. The van der Waals surface area contributed by atoms with Crippen LogP contribution >= 0.6 is 11.6 Å². The number of fused-ring (bicyclic) bond motifs is 1. The van der Waals surface area contributed by atoms with Gasteiger partial charge < -0.3 is 20.5 Å². The standard InChI is InChI=1S/C24H29ClFN5O3/c1-12(2)34-21-16(13(3)23-29-14(4)20-22(27)28-7-9-31(20)23)10-17(25)19(26)18(21)24(33)30-8-5-6-15(32)11-30/h7,9-10,12-13,15,32H,5-6,8,11H2,1-4H3,(H2,27,28). The Hall–Kier alpha value is -2.91. The number of hydrogen-bond donors (Lipinski definition) is 2. The minimum Gasteiger partial charge on any atom is -0.490 e. The first kappa shape index (κ1) is 24.2. The van der Waals surface area contributed by atoms with E-state index in [4.69, 9.17) is 27.1 Å². The van der Waals surface area contributed by atoms with Crippen LogP contribution in [-0.4, -0.2) is 55.6 Å². The lowest BCUT2D eigenvalue weighted by Crippen LogP contribution is -2.42. The van der Waals surface area contributed by atoms with Gasteiger partial charge in [0, 0.05) is 37.0 Å². The van der Waals surface area contributed by atoms with E-state index in [1.807, 2.05) is 18.2 Å². The Labute approximate surface area is 202 Å². The third-order valence-corrected chi connectivity index (χ3v) is 6.37. The van der Waals surface area contributed by atoms with Gasteiger partial charge in [0.2, 0.25) is 0 Å². The van der Waals surface area contributed by atoms with Crippen LogP contribution in [0.3, 0.4) is 0 Å². The van der Waals surface area contributed by atoms with Gasteiger partial charge in [-0.15, -0.1) is 0 Å². The summed E-state index contributed by atoms with van der Waals surface area (Å²) in [5.74, 6) is -0.707. The summed E-state index contributed by atoms with van der Waals surface area (Å²) in [5.41, 5.74) is 7.76. The highest BCUT2D eigenvalue weighted by Crippen LogP contribution is 2.40. The molecule has 1 saturated heterocycles. The minimum absolute atomic E-state index is 0.130. The summed E-state index contributed by atoms with van der Waals surface area (Å²) in [7, 11) is 0. The Kier molecular flexibility index (Phi) is 6.69. The van der Waals surface area contributed by atoms with Crippen LogP contribution in [-0.2, 0) is 0 Å². The van der Waals surface area contributed by atoms with E-state index in [1.54, 1.807) is 26.2 Å². The molecule has 1 aliphatic rings. The zero-order chi connectivity index (χ0) is 24.7. The van der Waals surface area contributed by atoms with E-state index in [0.717, 1.165) is 0 Å². The summed E-state index contributed by atoms with van der Waals surface area (Å²) in [6.45, 7) is 7.89. The average molecular weight is 490 g/mol. The number of nitrogen functional groups attached to an aromatic ring is 1. The van der Waals surface area contributed by atoms with E-state index in [0.29, 0.717) is 47.8 Å². The van der Waals surface area contributed by atoms with Crippen molar-refractivity contribution in [2.45, 2.75) is 58.7 Å². The summed E-state index contributed by atoms with van der Waals surface area (Å²) in [4.78, 5) is 23.8. The number of piperidine rings is 1. The van der Waals surface area contributed by atoms with Gasteiger partial charge in [-0.2, -0.15) is 0 Å². The maximum absolute atomic E-state index is 15.4. The van der Waals surface area contributed by atoms with Crippen LogP contribution in [0.2, 0.25) is 5.02 Å². The molecular weight excluding hydrogens is 461 g/mol. The zero-order valence-corrected chi connectivity index (χ0v) is 20.4. The molecule has 1 aliphatic heterocycles. The van der Waals surface area contributed by atoms with Crippen LogP contribution in [0.25, 0.3) is 5.52 Å². The van der Waals surface area contributed by atoms with Crippen molar-refractivity contribution in [3.05, 3.63) is 51.9 Å². The number of carbonyl (C=O) groups is 1. The molecule has 3 heterocycles. The number of nitrogens with two attached hydrogens (primary N) is 1. The number of hydrogen-bond acceptors (Lipinski definition) is 6. The van der Waals surface area contributed by atoms with Crippen LogP contribution in [0.15, 0.2) is 18.5 Å². The van der Waals surface area contributed by atoms with Crippen LogP contribution in [0.1, 0.15) is 67.0 Å². The molecule has 0 radical (unpaired) electrons. The predicted octanol–water partition coefficient (Wildman–Crippen LogP) is 3.95. The Bertz CT molecular complexity index is 1250. The first-order chi connectivity index (χ1) is 16.1. The molecule has 4 rings (SSSR count). The van der Waals surface area contributed by atoms with Gasteiger partial charge in [0.15, 0.2) is 5.82 Å². The summed E-state index contributed by atoms with van der Waals surface area (Å²) >= 11 is 6.31. The van der Waals surface area contributed by atoms with Crippen molar-refractivity contribution in [1.29, 1.82) is 0 Å². The number of carbonyl (C=O) groups excluding carboxylic acids is 1. The monoisotopic (exact) mass is 489 g/mol. The smallest absolute Gasteiger partial charge is 0.260 e. The molecule has 2 aromatic heterocycles. The Morgan fingerprint density at radius 3 is 2.79 bits per heavy atom. The maximum atomic E-state index is 15.4. The topological polar surface area (TPSA) is 106 Å². The first-order valence-electron chi connectivity index (χ1n) is 11.3. The molecule has 34 heavy (non-hydrogen) atoms. The third-order valence-electron chi connectivity index (χ3n) is 6.09. The number of aryl methyl sites for hydroxylation is 1. The molecular formula is C24H29ClFN5O3. The van der Waals surface area contributed by atoms with Crippen molar-refractivity contribution in [3.8, 4) is 5.75 Å². The van der Waals surface area contributed by atoms with Crippen LogP contribution < -0.4 is 10.5 Å². The molecule has 3 aromatic rings. The number of amides is 1. The molecule has 1 aromatic carbocycles. The number of aromatic nitrogens is 3. The number of ether oxygens (including phenoxy) is 1. The van der Waals surface area contributed by atoms with E-state index in [-0.39, 0.29) is 29.0 Å². The van der Waals surface area contributed by atoms with Crippen LogP contribution in [0.5, 0.6) is 5.75 Å². The van der Waals surface area contributed by atoms with Gasteiger partial charge in [-0.1, -0.05) is 18.5 Å². The van der Waals surface area contributed by atoms with Crippen molar-refractivity contribution < 1.29 is 19.0 Å². The number of imidazole rings is 1. The van der Waals surface area contributed by atoms with E-state index < -0.39 is 23.7 Å². The highest BCUT2D eigenvalue weighted by molar-refractivity contribution is 6.31. The van der Waals surface area contributed by atoms with E-state index >= 15 is 4.39 Å². The van der Waals surface area contributed by atoms with Gasteiger partial charge in [0.25, 0.3) is 5.91 Å². The fraction of sp³-hybridized carbons (Fsp3) is 0.458. The lowest BCUT2D eigenvalue weighted by molar-refractivity contribution is 0.0464. The molecule has 1 amide bonds. The largest absolute Gasteiger partial charge is 0.490 e. The van der Waals surface area contributed by atoms with Gasteiger partial charge in [-0.25, -0.2) is 14.4 Å². The Morgan fingerprint density at radius 2 is 2.12 bits per heavy atom. The average Bonchev–Trinajstić information content (AvgIpc) is 3.13. The molecule has 8 nitrogen and oxygen atoms in total. The van der Waals surface area contributed by atoms with E-state index in [1.165, 1.54) is 11.0 Å². The molecule has 3 N–H and O–H groups in total. The quantitative estimate of drug-likeness (QED) is 0.562. The fourth-order valence-electron chi connectivity index (χ4n) is 4.51. The SMILES string of the molecule is Cc1nc(C(C)c2cc(Cl)c(F)c(C(=O)N3CCCC(O)C3)c2OC(C)C)n2ccnc(N)c12.